The highest BCUT2D eigenvalue weighted by molar-refractivity contribution is 5.70. The van der Waals surface area contributed by atoms with E-state index in [4.69, 9.17) is 0 Å². The Morgan fingerprint density at radius 1 is 0.969 bits per heavy atom. The van der Waals surface area contributed by atoms with Crippen LogP contribution in [0.1, 0.15) is 76.5 Å². The van der Waals surface area contributed by atoms with E-state index in [1.54, 1.807) is 7.05 Å². The zero-order valence-corrected chi connectivity index (χ0v) is 19.9. The molecule has 0 bridgehead atoms. The first kappa shape index (κ1) is 25.8. The molecule has 0 aromatic carbocycles. The number of ether oxygens (including phenoxy) is 1. The topological polar surface area (TPSA) is 111 Å². The van der Waals surface area contributed by atoms with Gasteiger partial charge in [-0.2, -0.15) is 0 Å². The van der Waals surface area contributed by atoms with Crippen LogP contribution in [-0.2, 0) is 23.1 Å². The summed E-state index contributed by atoms with van der Waals surface area (Å²) in [6.07, 6.45) is 11.7. The van der Waals surface area contributed by atoms with Crippen molar-refractivity contribution >= 4 is 17.1 Å². The molecule has 0 unspecified atom stereocenters. The summed E-state index contributed by atoms with van der Waals surface area (Å²) in [7, 11) is 3.06. The van der Waals surface area contributed by atoms with Gasteiger partial charge in [-0.25, -0.2) is 9.78 Å². The Hall–Kier alpha value is -2.42. The minimum absolute atomic E-state index is 0.114. The number of aromatic amines is 1. The Morgan fingerprint density at radius 2 is 1.56 bits per heavy atom. The third kappa shape index (κ3) is 7.93. The van der Waals surface area contributed by atoms with Crippen LogP contribution in [0.4, 0.5) is 0 Å². The van der Waals surface area contributed by atoms with E-state index in [-0.39, 0.29) is 11.5 Å². The number of hydrogen-bond acceptors (Lipinski definition) is 6. The van der Waals surface area contributed by atoms with Crippen LogP contribution in [-0.4, -0.2) is 45.3 Å². The SMILES string of the molecule is COC(=O)CCCCCCNCCCCCCCCn1c(C)nc2c1c(=O)[nH]c(=O)n2C. The number of methoxy groups -OCH3 is 1. The molecule has 2 rings (SSSR count). The van der Waals surface area contributed by atoms with E-state index in [1.165, 1.54) is 37.4 Å². The summed E-state index contributed by atoms with van der Waals surface area (Å²) in [5.41, 5.74) is 0.138. The largest absolute Gasteiger partial charge is 0.469 e. The van der Waals surface area contributed by atoms with Gasteiger partial charge in [0.15, 0.2) is 11.2 Å². The number of hydrogen-bond donors (Lipinski definition) is 2. The first-order valence-electron chi connectivity index (χ1n) is 11.9. The number of rotatable bonds is 16. The lowest BCUT2D eigenvalue weighted by atomic mass is 10.1. The van der Waals surface area contributed by atoms with E-state index in [1.807, 2.05) is 11.5 Å². The number of imidazole rings is 1. The van der Waals surface area contributed by atoms with Crippen LogP contribution < -0.4 is 16.6 Å². The summed E-state index contributed by atoms with van der Waals surface area (Å²) in [6.45, 7) is 4.72. The zero-order valence-electron chi connectivity index (χ0n) is 19.9. The minimum atomic E-state index is -0.433. The van der Waals surface area contributed by atoms with Gasteiger partial charge >= 0.3 is 11.7 Å². The van der Waals surface area contributed by atoms with Crippen molar-refractivity contribution in [2.24, 2.45) is 7.05 Å². The van der Waals surface area contributed by atoms with Crippen LogP contribution in [0, 0.1) is 6.92 Å². The maximum Gasteiger partial charge on any atom is 0.329 e. The van der Waals surface area contributed by atoms with Gasteiger partial charge in [-0.15, -0.1) is 0 Å². The van der Waals surface area contributed by atoms with E-state index in [2.05, 4.69) is 20.0 Å². The van der Waals surface area contributed by atoms with Crippen LogP contribution >= 0.6 is 0 Å². The number of aromatic nitrogens is 4. The fourth-order valence-corrected chi connectivity index (χ4v) is 3.94. The quantitative estimate of drug-likeness (QED) is 0.301. The van der Waals surface area contributed by atoms with Crippen molar-refractivity contribution in [1.82, 2.24) is 24.4 Å². The summed E-state index contributed by atoms with van der Waals surface area (Å²) >= 11 is 0. The van der Waals surface area contributed by atoms with Crippen molar-refractivity contribution in [3.05, 3.63) is 26.7 Å². The molecule has 180 valence electrons. The van der Waals surface area contributed by atoms with Crippen molar-refractivity contribution in [2.45, 2.75) is 84.1 Å². The molecule has 0 amide bonds. The van der Waals surface area contributed by atoms with Crippen LogP contribution in [0.2, 0.25) is 0 Å². The molecule has 0 spiro atoms. The first-order chi connectivity index (χ1) is 15.5. The second-order valence-electron chi connectivity index (χ2n) is 8.41. The number of nitrogens with zero attached hydrogens (tertiary/aromatic N) is 3. The Bertz CT molecular complexity index is 960. The Balaban J connectivity index is 1.50. The molecule has 32 heavy (non-hydrogen) atoms. The monoisotopic (exact) mass is 449 g/mol. The number of aryl methyl sites for hydroxylation is 3. The predicted molar refractivity (Wildman–Crippen MR) is 126 cm³/mol. The van der Waals surface area contributed by atoms with Crippen LogP contribution in [0.5, 0.6) is 0 Å². The van der Waals surface area contributed by atoms with E-state index in [9.17, 15) is 14.4 Å². The molecule has 0 saturated heterocycles. The first-order valence-corrected chi connectivity index (χ1v) is 11.9. The summed E-state index contributed by atoms with van der Waals surface area (Å²) in [5, 5.41) is 3.50. The molecule has 0 saturated carbocycles. The molecule has 0 fully saturated rings. The number of fused-ring (bicyclic) bond motifs is 1. The highest BCUT2D eigenvalue weighted by Crippen LogP contribution is 2.13. The smallest absolute Gasteiger partial charge is 0.329 e. The number of esters is 1. The van der Waals surface area contributed by atoms with Crippen molar-refractivity contribution in [3.8, 4) is 0 Å². The third-order valence-corrected chi connectivity index (χ3v) is 5.90. The highest BCUT2D eigenvalue weighted by atomic mass is 16.5. The van der Waals surface area contributed by atoms with Gasteiger partial charge in [-0.05, 0) is 45.7 Å². The molecule has 0 aliphatic rings. The van der Waals surface area contributed by atoms with E-state index >= 15 is 0 Å². The molecule has 0 atom stereocenters. The van der Waals surface area contributed by atoms with Crippen LogP contribution in [0.15, 0.2) is 9.59 Å². The van der Waals surface area contributed by atoms with E-state index < -0.39 is 5.69 Å². The van der Waals surface area contributed by atoms with E-state index in [0.29, 0.717) is 17.6 Å². The van der Waals surface area contributed by atoms with Crippen molar-refractivity contribution in [1.29, 1.82) is 0 Å². The number of nitrogens with one attached hydrogen (secondary N) is 2. The van der Waals surface area contributed by atoms with Gasteiger partial charge in [-0.1, -0.05) is 38.5 Å². The molecule has 2 aromatic rings. The summed E-state index contributed by atoms with van der Waals surface area (Å²) in [4.78, 5) is 41.7. The van der Waals surface area contributed by atoms with E-state index in [0.717, 1.165) is 64.0 Å². The number of H-pyrrole nitrogens is 1. The summed E-state index contributed by atoms with van der Waals surface area (Å²) in [6, 6.07) is 0. The highest BCUT2D eigenvalue weighted by Gasteiger charge is 2.14. The Kier molecular flexibility index (Phi) is 11.2. The number of carbonyl (C=O) groups is 1. The summed E-state index contributed by atoms with van der Waals surface area (Å²) in [5.74, 6) is 0.651. The molecule has 2 N–H and O–H groups in total. The minimum Gasteiger partial charge on any atom is -0.469 e. The molecule has 0 aliphatic carbocycles. The molecule has 9 nitrogen and oxygen atoms in total. The van der Waals surface area contributed by atoms with Gasteiger partial charge in [0, 0.05) is 20.0 Å². The van der Waals surface area contributed by atoms with Gasteiger partial charge in [0.25, 0.3) is 5.56 Å². The molecule has 9 heteroatoms. The molecule has 0 radical (unpaired) electrons. The average Bonchev–Trinajstić information content (AvgIpc) is 3.11. The van der Waals surface area contributed by atoms with Crippen LogP contribution in [0.25, 0.3) is 11.2 Å². The van der Waals surface area contributed by atoms with Gasteiger partial charge in [0.05, 0.1) is 7.11 Å². The second kappa shape index (κ2) is 13.9. The third-order valence-electron chi connectivity index (χ3n) is 5.90. The Labute approximate surface area is 189 Å². The maximum atomic E-state index is 12.2. The fraction of sp³-hybridized carbons (Fsp3) is 0.739. The lowest BCUT2D eigenvalue weighted by molar-refractivity contribution is -0.140. The van der Waals surface area contributed by atoms with Crippen LogP contribution in [0.3, 0.4) is 0 Å². The van der Waals surface area contributed by atoms with Gasteiger partial charge in [0.1, 0.15) is 5.82 Å². The summed E-state index contributed by atoms with van der Waals surface area (Å²) < 4.78 is 7.95. The van der Waals surface area contributed by atoms with Crippen molar-refractivity contribution in [2.75, 3.05) is 20.2 Å². The molecule has 2 heterocycles. The molecule has 2 aromatic heterocycles. The normalized spacial score (nSPS) is 11.3. The lowest BCUT2D eigenvalue weighted by Crippen LogP contribution is -2.29. The number of unbranched alkanes of at least 4 members (excludes halogenated alkanes) is 8. The number of carbonyl (C=O) groups excluding carboxylic acids is 1. The standard InChI is InChI=1S/C23H39N5O4/c1-18-25-21-20(22(30)26-23(31)27(21)2)28(18)17-13-9-5-4-7-11-15-24-16-12-8-6-10-14-19(29)32-3/h24H,4-17H2,1-3H3,(H,26,30,31). The predicted octanol–water partition coefficient (Wildman–Crippen LogP) is 2.79. The average molecular weight is 450 g/mol. The lowest BCUT2D eigenvalue weighted by Gasteiger charge is -2.07. The molecule has 0 aliphatic heterocycles. The van der Waals surface area contributed by atoms with Gasteiger partial charge in [-0.3, -0.25) is 19.1 Å². The van der Waals surface area contributed by atoms with Crippen molar-refractivity contribution < 1.29 is 9.53 Å². The molecular weight excluding hydrogens is 410 g/mol. The van der Waals surface area contributed by atoms with Gasteiger partial charge in [0.2, 0.25) is 0 Å². The fourth-order valence-electron chi connectivity index (χ4n) is 3.94. The second-order valence-corrected chi connectivity index (χ2v) is 8.41. The van der Waals surface area contributed by atoms with Crippen molar-refractivity contribution in [3.63, 3.8) is 0 Å². The van der Waals surface area contributed by atoms with Gasteiger partial charge < -0.3 is 14.6 Å². The molecular formula is C23H39N5O4. The Morgan fingerprint density at radius 3 is 2.22 bits per heavy atom. The maximum absolute atomic E-state index is 12.2. The zero-order chi connectivity index (χ0) is 23.3.